The number of carboxylic acids is 1. The first-order chi connectivity index (χ1) is 19.4. The molecule has 0 spiro atoms. The van der Waals surface area contributed by atoms with Crippen LogP contribution in [0.4, 0.5) is 9.18 Å². The quantitative estimate of drug-likeness (QED) is 0.261. The first-order valence-electron chi connectivity index (χ1n) is 12.7. The minimum Gasteiger partial charge on any atom is -0.490 e. The van der Waals surface area contributed by atoms with E-state index in [-0.39, 0.29) is 22.4 Å². The van der Waals surface area contributed by atoms with Crippen LogP contribution < -0.4 is 10.1 Å². The number of hydrogen-bond acceptors (Lipinski definition) is 8. The van der Waals surface area contributed by atoms with Gasteiger partial charge in [-0.15, -0.1) is 5.06 Å². The van der Waals surface area contributed by atoms with Crippen molar-refractivity contribution in [1.82, 2.24) is 20.2 Å². The molecule has 1 atom stereocenters. The predicted molar refractivity (Wildman–Crippen MR) is 141 cm³/mol. The number of aromatic nitrogens is 2. The zero-order chi connectivity index (χ0) is 29.7. The standard InChI is InChI=1S/C28H29FN4O8/c1-28(2,3)40-27(38)30-11-6-12-32-15-17(14-31-32)19-10-9-18(13-22(19)29)39-16-23(26(36)37)41-33-24(34)20-7-4-5-8-21(20)25(33)35/h4-5,7-10,13-15,23H,6,11-12,16H2,1-3H3,(H,30,38)(H,36,37). The number of rotatable bonds is 11. The van der Waals surface area contributed by atoms with Gasteiger partial charge >= 0.3 is 12.1 Å². The molecule has 3 aromatic rings. The van der Waals surface area contributed by atoms with Crippen molar-refractivity contribution in [2.24, 2.45) is 0 Å². The Bertz CT molecular complexity index is 1430. The van der Waals surface area contributed by atoms with Crippen LogP contribution in [0.1, 0.15) is 47.9 Å². The zero-order valence-electron chi connectivity index (χ0n) is 22.6. The number of ether oxygens (including phenoxy) is 2. The van der Waals surface area contributed by atoms with E-state index in [4.69, 9.17) is 14.3 Å². The van der Waals surface area contributed by atoms with Crippen LogP contribution in [0.15, 0.2) is 54.9 Å². The van der Waals surface area contributed by atoms with Crippen molar-refractivity contribution in [3.63, 3.8) is 0 Å². The van der Waals surface area contributed by atoms with E-state index in [9.17, 15) is 28.7 Å². The van der Waals surface area contributed by atoms with E-state index in [1.54, 1.807) is 43.8 Å². The Morgan fingerprint density at radius 1 is 1.07 bits per heavy atom. The van der Waals surface area contributed by atoms with Gasteiger partial charge < -0.3 is 19.9 Å². The number of amides is 3. The number of hydroxylamine groups is 2. The third-order valence-corrected chi connectivity index (χ3v) is 5.78. The maximum absolute atomic E-state index is 14.9. The van der Waals surface area contributed by atoms with Crippen LogP contribution in [0.25, 0.3) is 11.1 Å². The van der Waals surface area contributed by atoms with Crippen LogP contribution in [0, 0.1) is 5.82 Å². The molecule has 2 aromatic carbocycles. The summed E-state index contributed by atoms with van der Waals surface area (Å²) >= 11 is 0. The third-order valence-electron chi connectivity index (χ3n) is 5.78. The van der Waals surface area contributed by atoms with Gasteiger partial charge in [0.15, 0.2) is 0 Å². The van der Waals surface area contributed by atoms with Crippen molar-refractivity contribution in [2.75, 3.05) is 13.2 Å². The molecule has 0 saturated heterocycles. The van der Waals surface area contributed by atoms with E-state index >= 15 is 0 Å². The van der Waals surface area contributed by atoms with Gasteiger partial charge in [0.2, 0.25) is 6.10 Å². The van der Waals surface area contributed by atoms with Crippen LogP contribution in [-0.4, -0.2) is 68.7 Å². The molecule has 0 saturated carbocycles. The minimum atomic E-state index is -1.72. The number of nitrogens with zero attached hydrogens (tertiary/aromatic N) is 3. The lowest BCUT2D eigenvalue weighted by Gasteiger charge is -2.19. The second-order valence-electron chi connectivity index (χ2n) is 10.1. The number of fused-ring (bicyclic) bond motifs is 1. The van der Waals surface area contributed by atoms with Gasteiger partial charge in [-0.2, -0.15) is 5.10 Å². The summed E-state index contributed by atoms with van der Waals surface area (Å²) < 4.78 is 27.1. The molecule has 1 aliphatic rings. The van der Waals surface area contributed by atoms with E-state index in [2.05, 4.69) is 10.4 Å². The highest BCUT2D eigenvalue weighted by molar-refractivity contribution is 6.20. The van der Waals surface area contributed by atoms with E-state index in [0.717, 1.165) is 6.07 Å². The number of carbonyl (C=O) groups is 4. The Labute approximate surface area is 234 Å². The summed E-state index contributed by atoms with van der Waals surface area (Å²) in [6.45, 7) is 5.58. The fourth-order valence-electron chi connectivity index (χ4n) is 3.90. The third kappa shape index (κ3) is 7.25. The van der Waals surface area contributed by atoms with Crippen LogP contribution >= 0.6 is 0 Å². The van der Waals surface area contributed by atoms with Gasteiger partial charge in [0.25, 0.3) is 11.8 Å². The molecule has 13 heteroatoms. The smallest absolute Gasteiger partial charge is 0.407 e. The number of alkyl carbamates (subject to hydrolysis) is 1. The Hall–Kier alpha value is -4.78. The number of carboxylic acid groups (broad SMARTS) is 1. The van der Waals surface area contributed by atoms with E-state index < -0.39 is 48.0 Å². The van der Waals surface area contributed by atoms with E-state index in [1.807, 2.05) is 0 Å². The highest BCUT2D eigenvalue weighted by Crippen LogP contribution is 2.27. The molecule has 216 valence electrons. The van der Waals surface area contributed by atoms with Crippen LogP contribution in [0.3, 0.4) is 0 Å². The average molecular weight is 569 g/mol. The number of imide groups is 1. The van der Waals surface area contributed by atoms with Gasteiger partial charge in [0.05, 0.1) is 17.3 Å². The monoisotopic (exact) mass is 568 g/mol. The second-order valence-corrected chi connectivity index (χ2v) is 10.1. The molecule has 1 unspecified atom stereocenters. The van der Waals surface area contributed by atoms with Gasteiger partial charge in [-0.05, 0) is 51.5 Å². The summed E-state index contributed by atoms with van der Waals surface area (Å²) in [4.78, 5) is 53.6. The number of nitrogens with one attached hydrogen (secondary N) is 1. The highest BCUT2D eigenvalue weighted by Gasteiger charge is 2.39. The molecule has 2 N–H and O–H groups in total. The van der Waals surface area contributed by atoms with Gasteiger partial charge in [0.1, 0.15) is 23.8 Å². The molecule has 4 rings (SSSR count). The molecule has 1 aliphatic heterocycles. The van der Waals surface area contributed by atoms with Gasteiger partial charge in [0, 0.05) is 36.5 Å². The summed E-state index contributed by atoms with van der Waals surface area (Å²) in [5, 5.41) is 16.8. The summed E-state index contributed by atoms with van der Waals surface area (Å²) in [5.41, 5.74) is 0.361. The van der Waals surface area contributed by atoms with Crippen LogP contribution in [0.2, 0.25) is 0 Å². The second kappa shape index (κ2) is 12.2. The topological polar surface area (TPSA) is 149 Å². The van der Waals surface area contributed by atoms with Crippen molar-refractivity contribution < 1.29 is 43.0 Å². The van der Waals surface area contributed by atoms with Crippen molar-refractivity contribution in [2.45, 2.75) is 45.4 Å². The fourth-order valence-corrected chi connectivity index (χ4v) is 3.90. The average Bonchev–Trinajstić information content (AvgIpc) is 3.46. The summed E-state index contributed by atoms with van der Waals surface area (Å²) in [5.74, 6) is -3.67. The minimum absolute atomic E-state index is 0.0177. The molecule has 0 bridgehead atoms. The van der Waals surface area contributed by atoms with Crippen molar-refractivity contribution in [3.05, 3.63) is 71.8 Å². The maximum atomic E-state index is 14.9. The van der Waals surface area contributed by atoms with Crippen LogP contribution in [0.5, 0.6) is 5.75 Å². The molecule has 41 heavy (non-hydrogen) atoms. The van der Waals surface area contributed by atoms with E-state index in [0.29, 0.717) is 30.1 Å². The molecule has 3 amide bonds. The molecular formula is C28H29FN4O8. The number of carbonyl (C=O) groups excluding carboxylic acids is 3. The molecule has 1 aromatic heterocycles. The van der Waals surface area contributed by atoms with Gasteiger partial charge in [-0.3, -0.25) is 14.3 Å². The number of halogens is 1. The van der Waals surface area contributed by atoms with Gasteiger partial charge in [-0.25, -0.2) is 18.8 Å². The van der Waals surface area contributed by atoms with Crippen LogP contribution in [-0.2, 0) is 20.9 Å². The number of benzene rings is 2. The Balaban J connectivity index is 1.31. The zero-order valence-corrected chi connectivity index (χ0v) is 22.6. The lowest BCUT2D eigenvalue weighted by molar-refractivity contribution is -0.178. The number of aliphatic carboxylic acids is 1. The summed E-state index contributed by atoms with van der Waals surface area (Å²) in [6.07, 6.45) is 1.50. The number of hydrogen-bond donors (Lipinski definition) is 2. The molecule has 12 nitrogen and oxygen atoms in total. The first kappa shape index (κ1) is 29.2. The molecule has 0 radical (unpaired) electrons. The SMILES string of the molecule is CC(C)(C)OC(=O)NCCCn1cc(-c2ccc(OCC(ON3C(=O)c4ccccc4C3=O)C(=O)O)cc2F)cn1. The fraction of sp³-hybridized carbons (Fsp3) is 0.321. The largest absolute Gasteiger partial charge is 0.490 e. The lowest BCUT2D eigenvalue weighted by atomic mass is 10.1. The molecule has 2 heterocycles. The summed E-state index contributed by atoms with van der Waals surface area (Å²) in [7, 11) is 0. The Morgan fingerprint density at radius 2 is 1.76 bits per heavy atom. The normalized spacial score (nSPS) is 13.6. The Morgan fingerprint density at radius 3 is 2.37 bits per heavy atom. The van der Waals surface area contributed by atoms with Gasteiger partial charge in [-0.1, -0.05) is 12.1 Å². The van der Waals surface area contributed by atoms with E-state index in [1.165, 1.54) is 30.5 Å². The highest BCUT2D eigenvalue weighted by atomic mass is 19.1. The maximum Gasteiger partial charge on any atom is 0.407 e. The van der Waals surface area contributed by atoms with Crippen molar-refractivity contribution >= 4 is 23.9 Å². The lowest BCUT2D eigenvalue weighted by Crippen LogP contribution is -2.41. The first-order valence-corrected chi connectivity index (χ1v) is 12.7. The van der Waals surface area contributed by atoms with Crippen molar-refractivity contribution in [3.8, 4) is 16.9 Å². The predicted octanol–water partition coefficient (Wildman–Crippen LogP) is 3.66. The Kier molecular flexibility index (Phi) is 8.67. The number of aryl methyl sites for hydroxylation is 1. The molecule has 0 fully saturated rings. The molecule has 0 aliphatic carbocycles. The summed E-state index contributed by atoms with van der Waals surface area (Å²) in [6, 6.07) is 9.99. The molecular weight excluding hydrogens is 539 g/mol. The van der Waals surface area contributed by atoms with Crippen molar-refractivity contribution in [1.29, 1.82) is 0 Å².